The van der Waals surface area contributed by atoms with Crippen LogP contribution in [0.25, 0.3) is 0 Å². The van der Waals surface area contributed by atoms with Gasteiger partial charge in [-0.25, -0.2) is 5.43 Å². The van der Waals surface area contributed by atoms with Crippen LogP contribution in [0, 0.1) is 0 Å². The van der Waals surface area contributed by atoms with E-state index in [4.69, 9.17) is 0 Å². The molecule has 9 heavy (non-hydrogen) atoms. The summed E-state index contributed by atoms with van der Waals surface area (Å²) in [6.45, 7) is 5.13. The molecule has 0 rings (SSSR count). The van der Waals surface area contributed by atoms with E-state index in [1.54, 1.807) is 6.92 Å². The smallest absolute Gasteiger partial charge is 0.243 e. The highest BCUT2D eigenvalue weighted by molar-refractivity contribution is 5.77. The fourth-order valence-corrected chi connectivity index (χ4v) is 0.313. The molecule has 50 valence electrons. The molecule has 0 unspecified atom stereocenters. The molecule has 0 radical (unpaired) electrons. The summed E-state index contributed by atoms with van der Waals surface area (Å²) in [5, 5.41) is 3.52. The van der Waals surface area contributed by atoms with Crippen LogP contribution in [0.1, 0.15) is 13.3 Å². The van der Waals surface area contributed by atoms with Gasteiger partial charge in [0.2, 0.25) is 5.91 Å². The number of carbonyl (C=O) groups is 1. The van der Waals surface area contributed by atoms with Gasteiger partial charge in [-0.05, 0) is 6.92 Å². The van der Waals surface area contributed by atoms with Gasteiger partial charge in [-0.15, -0.1) is 6.58 Å². The normalized spacial score (nSPS) is 9.44. The maximum absolute atomic E-state index is 10.5. The quantitative estimate of drug-likeness (QED) is 0.337. The molecule has 0 heterocycles. The van der Waals surface area contributed by atoms with E-state index in [0.717, 1.165) is 0 Å². The van der Waals surface area contributed by atoms with Crippen molar-refractivity contribution in [1.82, 2.24) is 5.43 Å². The molecule has 0 saturated heterocycles. The number of nitrogens with one attached hydrogen (secondary N) is 1. The summed E-state index contributed by atoms with van der Waals surface area (Å²) >= 11 is 0. The first-order valence-corrected chi connectivity index (χ1v) is 2.68. The van der Waals surface area contributed by atoms with Gasteiger partial charge < -0.3 is 0 Å². The predicted molar refractivity (Wildman–Crippen MR) is 37.1 cm³/mol. The molecule has 0 aliphatic heterocycles. The Hall–Kier alpha value is -1.12. The van der Waals surface area contributed by atoms with Gasteiger partial charge in [0.25, 0.3) is 0 Å². The number of hydrazone groups is 1. The summed E-state index contributed by atoms with van der Waals surface area (Å²) < 4.78 is 0. The molecule has 0 aromatic carbocycles. The second-order valence-electron chi connectivity index (χ2n) is 1.42. The molecular formula is C6H10N2O. The Labute approximate surface area is 54.5 Å². The van der Waals surface area contributed by atoms with Crippen molar-refractivity contribution in [3.8, 4) is 0 Å². The standard InChI is InChI=1S/C6H10N2O/c1-3-5-6(9)8-7-4-2/h3-4H,1,5H2,2H3,(H,8,9)/b7-4+. The van der Waals surface area contributed by atoms with Gasteiger partial charge in [-0.3, -0.25) is 4.79 Å². The van der Waals surface area contributed by atoms with Crippen molar-refractivity contribution in [3.63, 3.8) is 0 Å². The Bertz CT molecular complexity index is 129. The highest BCUT2D eigenvalue weighted by atomic mass is 16.2. The van der Waals surface area contributed by atoms with Crippen LogP contribution >= 0.6 is 0 Å². The molecule has 3 nitrogen and oxygen atoms in total. The van der Waals surface area contributed by atoms with Gasteiger partial charge in [0.1, 0.15) is 0 Å². The molecule has 0 aromatic rings. The third-order valence-corrected chi connectivity index (χ3v) is 0.648. The van der Waals surface area contributed by atoms with Crippen molar-refractivity contribution in [2.75, 3.05) is 0 Å². The molecule has 0 aliphatic carbocycles. The fraction of sp³-hybridized carbons (Fsp3) is 0.333. The minimum atomic E-state index is -0.136. The molecule has 0 aliphatic rings. The van der Waals surface area contributed by atoms with Gasteiger partial charge in [0.15, 0.2) is 0 Å². The minimum absolute atomic E-state index is 0.136. The lowest BCUT2D eigenvalue weighted by molar-refractivity contribution is -0.120. The second-order valence-corrected chi connectivity index (χ2v) is 1.42. The Morgan fingerprint density at radius 2 is 2.56 bits per heavy atom. The number of hydrogen-bond donors (Lipinski definition) is 1. The lowest BCUT2D eigenvalue weighted by atomic mass is 10.4. The number of rotatable bonds is 3. The average molecular weight is 126 g/mol. The van der Waals surface area contributed by atoms with Crippen LogP contribution in [0.3, 0.4) is 0 Å². The topological polar surface area (TPSA) is 41.5 Å². The Morgan fingerprint density at radius 1 is 1.89 bits per heavy atom. The SMILES string of the molecule is C=CCC(=O)N/N=C/C. The van der Waals surface area contributed by atoms with E-state index in [-0.39, 0.29) is 5.91 Å². The van der Waals surface area contributed by atoms with Crippen LogP contribution in [0.15, 0.2) is 17.8 Å². The molecule has 0 bridgehead atoms. The lowest BCUT2D eigenvalue weighted by Crippen LogP contribution is -2.15. The van der Waals surface area contributed by atoms with Crippen LogP contribution in [0.5, 0.6) is 0 Å². The van der Waals surface area contributed by atoms with Crippen molar-refractivity contribution in [2.24, 2.45) is 5.10 Å². The summed E-state index contributed by atoms with van der Waals surface area (Å²) in [7, 11) is 0. The summed E-state index contributed by atoms with van der Waals surface area (Å²) in [5.41, 5.74) is 2.29. The number of nitrogens with zero attached hydrogens (tertiary/aromatic N) is 1. The van der Waals surface area contributed by atoms with Crippen molar-refractivity contribution in [2.45, 2.75) is 13.3 Å². The first-order valence-electron chi connectivity index (χ1n) is 2.68. The van der Waals surface area contributed by atoms with Crippen molar-refractivity contribution >= 4 is 12.1 Å². The van der Waals surface area contributed by atoms with E-state index < -0.39 is 0 Å². The summed E-state index contributed by atoms with van der Waals surface area (Å²) in [4.78, 5) is 10.5. The van der Waals surface area contributed by atoms with E-state index in [1.807, 2.05) is 0 Å². The van der Waals surface area contributed by atoms with E-state index in [2.05, 4.69) is 17.1 Å². The van der Waals surface area contributed by atoms with Gasteiger partial charge >= 0.3 is 0 Å². The van der Waals surface area contributed by atoms with Gasteiger partial charge in [-0.1, -0.05) is 6.08 Å². The van der Waals surface area contributed by atoms with Crippen molar-refractivity contribution in [1.29, 1.82) is 0 Å². The Morgan fingerprint density at radius 3 is 3.00 bits per heavy atom. The molecule has 0 fully saturated rings. The lowest BCUT2D eigenvalue weighted by Gasteiger charge is -1.91. The molecule has 0 saturated carbocycles. The molecule has 3 heteroatoms. The summed E-state index contributed by atoms with van der Waals surface area (Å²) in [6, 6.07) is 0. The van der Waals surface area contributed by atoms with Gasteiger partial charge in [-0.2, -0.15) is 5.10 Å². The van der Waals surface area contributed by atoms with E-state index >= 15 is 0 Å². The highest BCUT2D eigenvalue weighted by Crippen LogP contribution is 1.77. The van der Waals surface area contributed by atoms with Crippen LogP contribution in [-0.2, 0) is 4.79 Å². The molecule has 0 atom stereocenters. The summed E-state index contributed by atoms with van der Waals surface area (Å²) in [5.74, 6) is -0.136. The van der Waals surface area contributed by atoms with Crippen LogP contribution in [0.4, 0.5) is 0 Å². The zero-order valence-corrected chi connectivity index (χ0v) is 5.42. The third-order valence-electron chi connectivity index (χ3n) is 0.648. The molecule has 0 spiro atoms. The largest absolute Gasteiger partial charge is 0.273 e. The first kappa shape index (κ1) is 7.88. The number of carbonyl (C=O) groups excluding carboxylic acids is 1. The van der Waals surface area contributed by atoms with Crippen molar-refractivity contribution < 1.29 is 4.79 Å². The van der Waals surface area contributed by atoms with E-state index in [0.29, 0.717) is 6.42 Å². The van der Waals surface area contributed by atoms with Gasteiger partial charge in [0.05, 0.1) is 0 Å². The molecular weight excluding hydrogens is 116 g/mol. The third kappa shape index (κ3) is 4.74. The highest BCUT2D eigenvalue weighted by Gasteiger charge is 1.90. The summed E-state index contributed by atoms with van der Waals surface area (Å²) in [6.07, 6.45) is 3.36. The van der Waals surface area contributed by atoms with Crippen LogP contribution < -0.4 is 5.43 Å². The minimum Gasteiger partial charge on any atom is -0.273 e. The van der Waals surface area contributed by atoms with Crippen molar-refractivity contribution in [3.05, 3.63) is 12.7 Å². The first-order chi connectivity index (χ1) is 4.31. The predicted octanol–water partition coefficient (Wildman–Crippen LogP) is 0.684. The number of amides is 1. The van der Waals surface area contributed by atoms with E-state index in [9.17, 15) is 4.79 Å². The Balaban J connectivity index is 3.38. The average Bonchev–Trinajstić information content (AvgIpc) is 1.85. The molecule has 1 amide bonds. The molecule has 0 aromatic heterocycles. The second kappa shape index (κ2) is 5.03. The monoisotopic (exact) mass is 126 g/mol. The maximum Gasteiger partial charge on any atom is 0.243 e. The Kier molecular flexibility index (Phi) is 4.40. The number of hydrogen-bond acceptors (Lipinski definition) is 2. The maximum atomic E-state index is 10.5. The fourth-order valence-electron chi connectivity index (χ4n) is 0.313. The van der Waals surface area contributed by atoms with Crippen LogP contribution in [0.2, 0.25) is 0 Å². The van der Waals surface area contributed by atoms with E-state index in [1.165, 1.54) is 12.3 Å². The zero-order chi connectivity index (χ0) is 7.11. The zero-order valence-electron chi connectivity index (χ0n) is 5.42. The molecule has 1 N–H and O–H groups in total. The van der Waals surface area contributed by atoms with Crippen LogP contribution in [-0.4, -0.2) is 12.1 Å². The van der Waals surface area contributed by atoms with Gasteiger partial charge in [0, 0.05) is 12.6 Å².